The van der Waals surface area contributed by atoms with E-state index >= 15 is 0 Å². The van der Waals surface area contributed by atoms with Gasteiger partial charge in [0, 0.05) is 16.2 Å². The van der Waals surface area contributed by atoms with Gasteiger partial charge in [0.1, 0.15) is 16.6 Å². The lowest BCUT2D eigenvalue weighted by Crippen LogP contribution is -1.89. The Balaban J connectivity index is 1.96. The lowest BCUT2D eigenvalue weighted by atomic mass is 9.99. The largest absolute Gasteiger partial charge is 0.436 e. The average molecular weight is 320 g/mol. The first-order valence-corrected chi connectivity index (χ1v) is 8.28. The molecule has 0 atom stereocenters. The topological polar surface area (TPSA) is 38.9 Å². The molecule has 0 aliphatic heterocycles. The summed E-state index contributed by atoms with van der Waals surface area (Å²) < 4.78 is 5.95. The van der Waals surface area contributed by atoms with Gasteiger partial charge in [0.25, 0.3) is 0 Å². The van der Waals surface area contributed by atoms with Gasteiger partial charge in [-0.15, -0.1) is 0 Å². The van der Waals surface area contributed by atoms with E-state index in [0.29, 0.717) is 5.71 Å². The van der Waals surface area contributed by atoms with Crippen LogP contribution in [-0.2, 0) is 0 Å². The fraction of sp³-hybridized carbons (Fsp3) is 0. The van der Waals surface area contributed by atoms with E-state index in [1.165, 1.54) is 10.8 Å². The third-order valence-electron chi connectivity index (χ3n) is 4.87. The van der Waals surface area contributed by atoms with Gasteiger partial charge in [-0.1, -0.05) is 60.7 Å². The molecular formula is C22H12N2O. The van der Waals surface area contributed by atoms with Crippen LogP contribution in [0.25, 0.3) is 54.8 Å². The van der Waals surface area contributed by atoms with E-state index in [4.69, 9.17) is 14.4 Å². The molecule has 6 rings (SSSR count). The summed E-state index contributed by atoms with van der Waals surface area (Å²) in [5.41, 5.74) is 4.05. The Morgan fingerprint density at radius 1 is 0.480 bits per heavy atom. The summed E-state index contributed by atoms with van der Waals surface area (Å²) >= 11 is 0. The Morgan fingerprint density at radius 2 is 1.00 bits per heavy atom. The minimum atomic E-state index is 0.592. The number of aromatic nitrogens is 2. The number of rotatable bonds is 0. The molecule has 0 amide bonds. The molecule has 6 aromatic rings. The Morgan fingerprint density at radius 3 is 1.68 bits per heavy atom. The fourth-order valence-corrected chi connectivity index (χ4v) is 3.75. The lowest BCUT2D eigenvalue weighted by Gasteiger charge is -2.08. The predicted molar refractivity (Wildman–Crippen MR) is 102 cm³/mol. The summed E-state index contributed by atoms with van der Waals surface area (Å²) in [5.74, 6) is 0. The molecular weight excluding hydrogens is 308 g/mol. The standard InChI is InChI=1S/C22H12N2O/c1-3-9-15-13(7-1)14-8-2-4-10-16(14)20-19(15)23-21-17-11-5-6-12-18(17)25-22(21)24-20/h1-12H. The molecule has 0 radical (unpaired) electrons. The minimum Gasteiger partial charge on any atom is -0.436 e. The van der Waals surface area contributed by atoms with E-state index in [0.717, 1.165) is 38.3 Å². The van der Waals surface area contributed by atoms with Crippen molar-refractivity contribution in [1.82, 2.24) is 9.97 Å². The Kier molecular flexibility index (Phi) is 2.35. The van der Waals surface area contributed by atoms with Crippen molar-refractivity contribution in [2.24, 2.45) is 0 Å². The molecule has 0 bridgehead atoms. The second-order valence-electron chi connectivity index (χ2n) is 6.26. The maximum Gasteiger partial charge on any atom is 0.246 e. The van der Waals surface area contributed by atoms with Gasteiger partial charge >= 0.3 is 0 Å². The number of hydrogen-bond acceptors (Lipinski definition) is 3. The highest BCUT2D eigenvalue weighted by Gasteiger charge is 2.15. The van der Waals surface area contributed by atoms with Gasteiger partial charge < -0.3 is 4.42 Å². The van der Waals surface area contributed by atoms with Gasteiger partial charge in [-0.3, -0.25) is 0 Å². The number of furan rings is 1. The number of hydrogen-bond donors (Lipinski definition) is 0. The normalized spacial score (nSPS) is 12.0. The van der Waals surface area contributed by atoms with Gasteiger partial charge in [-0.25, -0.2) is 9.97 Å². The van der Waals surface area contributed by atoms with Crippen molar-refractivity contribution in [2.75, 3.05) is 0 Å². The van der Waals surface area contributed by atoms with Crippen molar-refractivity contribution >= 4 is 54.8 Å². The summed E-state index contributed by atoms with van der Waals surface area (Å²) in [5, 5.41) is 5.62. The SMILES string of the molecule is c1ccc2c(c1)oc1nc3c4ccccc4c4ccccc4c3nc12. The molecule has 4 aromatic carbocycles. The van der Waals surface area contributed by atoms with Gasteiger partial charge in [0.15, 0.2) is 0 Å². The van der Waals surface area contributed by atoms with E-state index in [9.17, 15) is 0 Å². The van der Waals surface area contributed by atoms with Crippen molar-refractivity contribution in [3.63, 3.8) is 0 Å². The predicted octanol–water partition coefficient (Wildman–Crippen LogP) is 5.84. The van der Waals surface area contributed by atoms with Crippen LogP contribution < -0.4 is 0 Å². The molecule has 0 saturated heterocycles. The van der Waals surface area contributed by atoms with E-state index in [1.807, 2.05) is 30.3 Å². The maximum absolute atomic E-state index is 5.95. The Labute approximate surface area is 142 Å². The number of benzene rings is 4. The number of nitrogens with zero attached hydrogens (tertiary/aromatic N) is 2. The van der Waals surface area contributed by atoms with Crippen LogP contribution in [0.4, 0.5) is 0 Å². The Bertz CT molecular complexity index is 1450. The monoisotopic (exact) mass is 320 g/mol. The summed E-state index contributed by atoms with van der Waals surface area (Å²) in [4.78, 5) is 9.85. The first kappa shape index (κ1) is 12.9. The Hall–Kier alpha value is -3.46. The fourth-order valence-electron chi connectivity index (χ4n) is 3.75. The third-order valence-corrected chi connectivity index (χ3v) is 4.87. The molecule has 2 heterocycles. The van der Waals surface area contributed by atoms with Crippen molar-refractivity contribution in [3.8, 4) is 0 Å². The highest BCUT2D eigenvalue weighted by molar-refractivity contribution is 6.24. The van der Waals surface area contributed by atoms with Gasteiger partial charge in [0.05, 0.1) is 5.52 Å². The van der Waals surface area contributed by atoms with Crippen LogP contribution in [0.15, 0.2) is 77.2 Å². The van der Waals surface area contributed by atoms with Gasteiger partial charge in [-0.05, 0) is 22.9 Å². The maximum atomic E-state index is 5.95. The van der Waals surface area contributed by atoms with Crippen LogP contribution in [-0.4, -0.2) is 9.97 Å². The van der Waals surface area contributed by atoms with Crippen molar-refractivity contribution in [2.45, 2.75) is 0 Å². The molecule has 0 N–H and O–H groups in total. The van der Waals surface area contributed by atoms with Crippen LogP contribution >= 0.6 is 0 Å². The molecule has 0 fully saturated rings. The van der Waals surface area contributed by atoms with Crippen LogP contribution in [0.1, 0.15) is 0 Å². The molecule has 116 valence electrons. The minimum absolute atomic E-state index is 0.592. The summed E-state index contributed by atoms with van der Waals surface area (Å²) in [6.07, 6.45) is 0. The molecule has 0 spiro atoms. The zero-order valence-electron chi connectivity index (χ0n) is 13.2. The van der Waals surface area contributed by atoms with Gasteiger partial charge in [-0.2, -0.15) is 0 Å². The van der Waals surface area contributed by atoms with Crippen molar-refractivity contribution in [3.05, 3.63) is 72.8 Å². The van der Waals surface area contributed by atoms with Crippen LogP contribution in [0.2, 0.25) is 0 Å². The van der Waals surface area contributed by atoms with Crippen LogP contribution in [0.3, 0.4) is 0 Å². The summed E-state index contributed by atoms with van der Waals surface area (Å²) in [7, 11) is 0. The summed E-state index contributed by atoms with van der Waals surface area (Å²) in [6, 6.07) is 24.7. The van der Waals surface area contributed by atoms with Crippen molar-refractivity contribution in [1.29, 1.82) is 0 Å². The highest BCUT2D eigenvalue weighted by atomic mass is 16.3. The van der Waals surface area contributed by atoms with E-state index in [2.05, 4.69) is 42.5 Å². The second kappa shape index (κ2) is 4.54. The third kappa shape index (κ3) is 1.64. The van der Waals surface area contributed by atoms with Crippen LogP contribution in [0.5, 0.6) is 0 Å². The smallest absolute Gasteiger partial charge is 0.246 e. The quantitative estimate of drug-likeness (QED) is 0.330. The van der Waals surface area contributed by atoms with E-state index < -0.39 is 0 Å². The molecule has 0 saturated carbocycles. The zero-order chi connectivity index (χ0) is 16.4. The molecule has 3 heteroatoms. The van der Waals surface area contributed by atoms with E-state index in [1.54, 1.807) is 0 Å². The molecule has 0 unspecified atom stereocenters. The lowest BCUT2D eigenvalue weighted by molar-refractivity contribution is 0.655. The molecule has 0 aliphatic carbocycles. The first-order valence-electron chi connectivity index (χ1n) is 8.28. The van der Waals surface area contributed by atoms with Crippen LogP contribution in [0, 0.1) is 0 Å². The van der Waals surface area contributed by atoms with Crippen molar-refractivity contribution < 1.29 is 4.42 Å². The number of fused-ring (bicyclic) bond motifs is 9. The molecule has 0 aliphatic rings. The molecule has 3 nitrogen and oxygen atoms in total. The highest BCUT2D eigenvalue weighted by Crippen LogP contribution is 2.35. The average Bonchev–Trinajstić information content (AvgIpc) is 3.04. The zero-order valence-corrected chi connectivity index (χ0v) is 13.2. The molecule has 2 aromatic heterocycles. The molecule has 25 heavy (non-hydrogen) atoms. The van der Waals surface area contributed by atoms with E-state index in [-0.39, 0.29) is 0 Å². The number of para-hydroxylation sites is 1. The second-order valence-corrected chi connectivity index (χ2v) is 6.26. The first-order chi connectivity index (χ1) is 12.4. The summed E-state index contributed by atoms with van der Waals surface area (Å²) in [6.45, 7) is 0. The van der Waals surface area contributed by atoms with Gasteiger partial charge in [0.2, 0.25) is 5.71 Å².